The number of benzene rings is 3. The number of rotatable bonds is 12. The van der Waals surface area contributed by atoms with E-state index in [2.05, 4.69) is 54.6 Å². The summed E-state index contributed by atoms with van der Waals surface area (Å²) in [5.74, 6) is 0. The van der Waals surface area contributed by atoms with E-state index in [1.807, 2.05) is 30.3 Å². The third-order valence-electron chi connectivity index (χ3n) is 5.43. The second-order valence-electron chi connectivity index (χ2n) is 7.76. The van der Waals surface area contributed by atoms with Crippen LogP contribution in [0.25, 0.3) is 11.1 Å². The van der Waals surface area contributed by atoms with Crippen LogP contribution in [0.15, 0.2) is 78.9 Å². The van der Waals surface area contributed by atoms with Gasteiger partial charge in [-0.15, -0.1) is 0 Å². The molecule has 0 atom stereocenters. The summed E-state index contributed by atoms with van der Waals surface area (Å²) in [7, 11) is 0. The molecule has 0 aliphatic rings. The molecular weight excluding hydrogens is 366 g/mol. The lowest BCUT2D eigenvalue weighted by molar-refractivity contribution is 0.116. The molecule has 154 valence electrons. The minimum absolute atomic E-state index is 0.724. The highest BCUT2D eigenvalue weighted by molar-refractivity contribution is 5.70. The molecule has 0 heterocycles. The average Bonchev–Trinajstić information content (AvgIpc) is 2.81. The summed E-state index contributed by atoms with van der Waals surface area (Å²) in [6, 6.07) is 29.1. The van der Waals surface area contributed by atoms with Crippen LogP contribution in [-0.4, -0.2) is 6.61 Å². The van der Waals surface area contributed by atoms with Crippen LogP contribution < -0.4 is 0 Å². The Morgan fingerprint density at radius 1 is 0.633 bits per heavy atom. The van der Waals surface area contributed by atoms with Gasteiger partial charge in [-0.3, -0.25) is 0 Å². The van der Waals surface area contributed by atoms with Crippen molar-refractivity contribution in [2.45, 2.75) is 51.6 Å². The van der Waals surface area contributed by atoms with Crippen LogP contribution in [0.5, 0.6) is 0 Å². The molecule has 2 heteroatoms. The van der Waals surface area contributed by atoms with Crippen molar-refractivity contribution in [2.24, 2.45) is 0 Å². The number of hydrogen-bond donors (Lipinski definition) is 0. The van der Waals surface area contributed by atoms with Crippen molar-refractivity contribution >= 4 is 0 Å². The Bertz CT molecular complexity index is 909. The van der Waals surface area contributed by atoms with E-state index in [0.717, 1.165) is 42.7 Å². The molecule has 0 amide bonds. The largest absolute Gasteiger partial charge is 0.377 e. The van der Waals surface area contributed by atoms with E-state index in [1.165, 1.54) is 43.2 Å². The fourth-order valence-corrected chi connectivity index (χ4v) is 3.69. The van der Waals surface area contributed by atoms with Crippen molar-refractivity contribution in [3.63, 3.8) is 0 Å². The lowest BCUT2D eigenvalue weighted by Gasteiger charge is -2.07. The Hall–Kier alpha value is -2.89. The van der Waals surface area contributed by atoms with E-state index in [4.69, 9.17) is 4.74 Å². The first kappa shape index (κ1) is 21.8. The molecule has 2 nitrogen and oxygen atoms in total. The molecule has 0 aromatic heterocycles. The predicted molar refractivity (Wildman–Crippen MR) is 124 cm³/mol. The molecule has 0 N–H and O–H groups in total. The molecule has 0 fully saturated rings. The van der Waals surface area contributed by atoms with Gasteiger partial charge in [0.25, 0.3) is 0 Å². The summed E-state index contributed by atoms with van der Waals surface area (Å²) in [5, 5.41) is 9.27. The van der Waals surface area contributed by atoms with Crippen molar-refractivity contribution in [1.82, 2.24) is 0 Å². The molecule has 0 radical (unpaired) electrons. The van der Waals surface area contributed by atoms with Gasteiger partial charge in [0, 0.05) is 6.61 Å². The summed E-state index contributed by atoms with van der Waals surface area (Å²) < 4.78 is 5.74. The topological polar surface area (TPSA) is 33.0 Å². The zero-order chi connectivity index (χ0) is 20.9. The zero-order valence-corrected chi connectivity index (χ0v) is 17.7. The van der Waals surface area contributed by atoms with Gasteiger partial charge in [-0.25, -0.2) is 0 Å². The normalized spacial score (nSPS) is 10.6. The van der Waals surface area contributed by atoms with E-state index < -0.39 is 0 Å². The molecule has 0 saturated carbocycles. The predicted octanol–water partition coefficient (Wildman–Crippen LogP) is 7.33. The zero-order valence-electron chi connectivity index (χ0n) is 17.7. The highest BCUT2D eigenvalue weighted by Crippen LogP contribution is 2.24. The number of ether oxygens (including phenoxy) is 1. The molecule has 30 heavy (non-hydrogen) atoms. The van der Waals surface area contributed by atoms with Gasteiger partial charge in [-0.1, -0.05) is 98.5 Å². The fourth-order valence-electron chi connectivity index (χ4n) is 3.69. The molecule has 3 aromatic rings. The van der Waals surface area contributed by atoms with Gasteiger partial charge in [-0.05, 0) is 47.6 Å². The van der Waals surface area contributed by atoms with Crippen molar-refractivity contribution in [3.8, 4) is 17.2 Å². The van der Waals surface area contributed by atoms with Crippen LogP contribution in [-0.2, 0) is 17.8 Å². The maximum Gasteiger partial charge on any atom is 0.0998 e. The monoisotopic (exact) mass is 397 g/mol. The first-order chi connectivity index (χ1) is 14.9. The number of unbranched alkanes of at least 4 members (excludes halogenated alkanes) is 5. The molecule has 0 spiro atoms. The summed E-state index contributed by atoms with van der Waals surface area (Å²) in [6.07, 6.45) is 8.63. The van der Waals surface area contributed by atoms with Crippen LogP contribution in [0.4, 0.5) is 0 Å². The minimum Gasteiger partial charge on any atom is -0.377 e. The lowest BCUT2D eigenvalue weighted by atomic mass is 9.98. The molecular formula is C28H31NO. The SMILES string of the molecule is N#Cc1ccccc1-c1ccc(CCCCCCCCOCc2ccccc2)cc1. The Morgan fingerprint density at radius 2 is 1.30 bits per heavy atom. The van der Waals surface area contributed by atoms with Gasteiger partial charge < -0.3 is 4.74 Å². The van der Waals surface area contributed by atoms with Gasteiger partial charge in [0.15, 0.2) is 0 Å². The summed E-state index contributed by atoms with van der Waals surface area (Å²) in [5.41, 5.74) is 5.49. The molecule has 0 aliphatic carbocycles. The van der Waals surface area contributed by atoms with Crippen LogP contribution >= 0.6 is 0 Å². The van der Waals surface area contributed by atoms with E-state index >= 15 is 0 Å². The van der Waals surface area contributed by atoms with Gasteiger partial charge in [0.1, 0.15) is 0 Å². The second kappa shape index (κ2) is 12.6. The quantitative estimate of drug-likeness (QED) is 0.300. The Kier molecular flexibility index (Phi) is 9.18. The number of nitriles is 1. The number of hydrogen-bond acceptors (Lipinski definition) is 2. The van der Waals surface area contributed by atoms with Crippen molar-refractivity contribution in [2.75, 3.05) is 6.61 Å². The Morgan fingerprint density at radius 3 is 2.07 bits per heavy atom. The highest BCUT2D eigenvalue weighted by atomic mass is 16.5. The smallest absolute Gasteiger partial charge is 0.0998 e. The third-order valence-corrected chi connectivity index (χ3v) is 5.43. The minimum atomic E-state index is 0.724. The first-order valence-electron chi connectivity index (χ1n) is 11.1. The Balaban J connectivity index is 1.25. The fraction of sp³-hybridized carbons (Fsp3) is 0.321. The maximum absolute atomic E-state index is 9.27. The molecule has 0 bridgehead atoms. The molecule has 3 rings (SSSR count). The molecule has 0 saturated heterocycles. The maximum atomic E-state index is 9.27. The number of aryl methyl sites for hydroxylation is 1. The van der Waals surface area contributed by atoms with Crippen LogP contribution in [0, 0.1) is 11.3 Å². The van der Waals surface area contributed by atoms with Gasteiger partial charge >= 0.3 is 0 Å². The molecule has 3 aromatic carbocycles. The summed E-state index contributed by atoms with van der Waals surface area (Å²) >= 11 is 0. The second-order valence-corrected chi connectivity index (χ2v) is 7.76. The third kappa shape index (κ3) is 7.17. The van der Waals surface area contributed by atoms with Crippen LogP contribution in [0.3, 0.4) is 0 Å². The van der Waals surface area contributed by atoms with Crippen LogP contribution in [0.1, 0.15) is 55.2 Å². The molecule has 0 unspecified atom stereocenters. The summed E-state index contributed by atoms with van der Waals surface area (Å²) in [4.78, 5) is 0. The standard InChI is InChI=1S/C28H31NO/c29-22-27-15-9-10-16-28(27)26-19-17-24(18-20-26)12-6-3-1-2-4-11-21-30-23-25-13-7-5-8-14-25/h5,7-10,13-20H,1-4,6,11-12,21,23H2. The molecule has 0 aliphatic heterocycles. The highest BCUT2D eigenvalue weighted by Gasteiger charge is 2.04. The average molecular weight is 398 g/mol. The van der Waals surface area contributed by atoms with Crippen molar-refractivity contribution in [3.05, 3.63) is 95.6 Å². The Labute approximate surface area is 181 Å². The van der Waals surface area contributed by atoms with Crippen molar-refractivity contribution in [1.29, 1.82) is 5.26 Å². The number of nitrogens with zero attached hydrogens (tertiary/aromatic N) is 1. The van der Waals surface area contributed by atoms with Crippen LogP contribution in [0.2, 0.25) is 0 Å². The van der Waals surface area contributed by atoms with E-state index in [0.29, 0.717) is 0 Å². The van der Waals surface area contributed by atoms with E-state index in [9.17, 15) is 5.26 Å². The van der Waals surface area contributed by atoms with Gasteiger partial charge in [0.2, 0.25) is 0 Å². The van der Waals surface area contributed by atoms with Gasteiger partial charge in [-0.2, -0.15) is 5.26 Å². The van der Waals surface area contributed by atoms with E-state index in [-0.39, 0.29) is 0 Å². The lowest BCUT2D eigenvalue weighted by Crippen LogP contribution is -1.95. The first-order valence-corrected chi connectivity index (χ1v) is 11.1. The van der Waals surface area contributed by atoms with E-state index in [1.54, 1.807) is 0 Å². The van der Waals surface area contributed by atoms with Crippen molar-refractivity contribution < 1.29 is 4.74 Å². The van der Waals surface area contributed by atoms with Gasteiger partial charge in [0.05, 0.1) is 18.2 Å². The summed E-state index contributed by atoms with van der Waals surface area (Å²) in [6.45, 7) is 1.58.